The van der Waals surface area contributed by atoms with Gasteiger partial charge in [0, 0.05) is 22.8 Å². The maximum Gasteiger partial charge on any atom is 0.0816 e. The van der Waals surface area contributed by atoms with Crippen LogP contribution in [0, 0.1) is 0 Å². The molecule has 0 amide bonds. The third kappa shape index (κ3) is 1.17. The maximum atomic E-state index is 5.92. The number of hydrogen-bond donors (Lipinski definition) is 2. The predicted octanol–water partition coefficient (Wildman–Crippen LogP) is 1.52. The molecule has 1 aliphatic heterocycles. The number of aromatic nitrogens is 1. The van der Waals surface area contributed by atoms with Gasteiger partial charge in [0.05, 0.1) is 17.7 Å². The molecule has 4 N–H and O–H groups in total. The molecule has 0 unspecified atom stereocenters. The van der Waals surface area contributed by atoms with Gasteiger partial charge < -0.3 is 10.7 Å². The van der Waals surface area contributed by atoms with Crippen molar-refractivity contribution < 1.29 is 0 Å². The van der Waals surface area contributed by atoms with Crippen LogP contribution in [-0.4, -0.2) is 11.5 Å². The normalized spacial score (nSPS) is 14.2. The smallest absolute Gasteiger partial charge is 0.0816 e. The van der Waals surface area contributed by atoms with Gasteiger partial charge in [0.15, 0.2) is 0 Å². The zero-order valence-corrected chi connectivity index (χ0v) is 8.72. The van der Waals surface area contributed by atoms with Crippen molar-refractivity contribution in [3.8, 4) is 0 Å². The van der Waals surface area contributed by atoms with Crippen molar-refractivity contribution in [3.63, 3.8) is 0 Å². The number of rotatable bonds is 0. The van der Waals surface area contributed by atoms with E-state index in [2.05, 4.69) is 4.98 Å². The molecular formula is C12H12N4. The Labute approximate surface area is 93.1 Å². The summed E-state index contributed by atoms with van der Waals surface area (Å²) in [5, 5.41) is 2.68. The minimum Gasteiger partial charge on any atom is -0.398 e. The number of benzene rings is 1. The van der Waals surface area contributed by atoms with E-state index >= 15 is 0 Å². The summed E-state index contributed by atoms with van der Waals surface area (Å²) in [6.07, 6.45) is 5.79. The molecule has 0 atom stereocenters. The fraction of sp³-hybridized carbons (Fsp3) is 0.0833. The van der Waals surface area contributed by atoms with Crippen LogP contribution in [-0.2, 0) is 0 Å². The first-order valence-electron chi connectivity index (χ1n) is 5.13. The molecule has 0 saturated carbocycles. The Balaban J connectivity index is 2.41. The van der Waals surface area contributed by atoms with Gasteiger partial charge >= 0.3 is 0 Å². The van der Waals surface area contributed by atoms with E-state index in [0.29, 0.717) is 0 Å². The van der Waals surface area contributed by atoms with Gasteiger partial charge in [0.25, 0.3) is 0 Å². The van der Waals surface area contributed by atoms with Crippen LogP contribution in [0.2, 0.25) is 0 Å². The number of nitrogens with two attached hydrogens (primary N) is 2. The van der Waals surface area contributed by atoms with E-state index in [9.17, 15) is 0 Å². The molecule has 2 heterocycles. The Bertz CT molecular complexity index is 589. The highest BCUT2D eigenvalue weighted by Crippen LogP contribution is 2.32. The van der Waals surface area contributed by atoms with Crippen molar-refractivity contribution in [2.45, 2.75) is 0 Å². The lowest BCUT2D eigenvalue weighted by Crippen LogP contribution is -2.33. The van der Waals surface area contributed by atoms with Crippen LogP contribution in [0.3, 0.4) is 0 Å². The molecule has 0 fully saturated rings. The molecule has 2 aromatic rings. The van der Waals surface area contributed by atoms with E-state index < -0.39 is 0 Å². The second-order valence-corrected chi connectivity index (χ2v) is 3.85. The number of fused-ring (bicyclic) bond motifs is 3. The van der Waals surface area contributed by atoms with Crippen molar-refractivity contribution in [2.75, 3.05) is 17.3 Å². The van der Waals surface area contributed by atoms with Crippen molar-refractivity contribution in [1.82, 2.24) is 4.98 Å². The van der Waals surface area contributed by atoms with E-state index in [1.165, 1.54) is 0 Å². The molecule has 4 nitrogen and oxygen atoms in total. The number of pyridine rings is 1. The quantitative estimate of drug-likeness (QED) is 0.650. The van der Waals surface area contributed by atoms with Gasteiger partial charge in [-0.05, 0) is 18.2 Å². The minimum absolute atomic E-state index is 0.723. The van der Waals surface area contributed by atoms with Crippen molar-refractivity contribution in [3.05, 3.63) is 36.0 Å². The summed E-state index contributed by atoms with van der Waals surface area (Å²) in [7, 11) is 0. The molecular weight excluding hydrogens is 200 g/mol. The molecule has 4 heteroatoms. The van der Waals surface area contributed by atoms with Crippen molar-refractivity contribution in [1.29, 1.82) is 0 Å². The first-order chi connectivity index (χ1) is 7.77. The Morgan fingerprint density at radius 1 is 1.25 bits per heavy atom. The van der Waals surface area contributed by atoms with E-state index in [4.69, 9.17) is 11.6 Å². The summed E-state index contributed by atoms with van der Waals surface area (Å²) < 4.78 is 0. The van der Waals surface area contributed by atoms with Crippen LogP contribution in [0.15, 0.2) is 30.5 Å². The van der Waals surface area contributed by atoms with Crippen LogP contribution >= 0.6 is 0 Å². The fourth-order valence-corrected chi connectivity index (χ4v) is 2.05. The average molecular weight is 212 g/mol. The topological polar surface area (TPSA) is 68.2 Å². The fourth-order valence-electron chi connectivity index (χ4n) is 2.05. The van der Waals surface area contributed by atoms with Gasteiger partial charge in [-0.3, -0.25) is 4.98 Å². The van der Waals surface area contributed by atoms with Crippen LogP contribution in [0.1, 0.15) is 5.56 Å². The molecule has 0 aliphatic carbocycles. The number of hydrazine groups is 1. The highest BCUT2D eigenvalue weighted by Gasteiger charge is 2.14. The summed E-state index contributed by atoms with van der Waals surface area (Å²) in [6, 6.07) is 5.76. The summed E-state index contributed by atoms with van der Waals surface area (Å²) in [6.45, 7) is 0.723. The number of anilines is 2. The Morgan fingerprint density at radius 2 is 2.12 bits per heavy atom. The second kappa shape index (κ2) is 3.21. The lowest BCUT2D eigenvalue weighted by Gasteiger charge is -2.23. The molecule has 0 bridgehead atoms. The van der Waals surface area contributed by atoms with Gasteiger partial charge in [-0.2, -0.15) is 0 Å². The van der Waals surface area contributed by atoms with Crippen LogP contribution in [0.25, 0.3) is 17.0 Å². The highest BCUT2D eigenvalue weighted by atomic mass is 15.4. The highest BCUT2D eigenvalue weighted by molar-refractivity contribution is 5.99. The van der Waals surface area contributed by atoms with Gasteiger partial charge in [0.1, 0.15) is 0 Å². The summed E-state index contributed by atoms with van der Waals surface area (Å²) in [4.78, 5) is 4.38. The van der Waals surface area contributed by atoms with E-state index in [0.717, 1.165) is 34.4 Å². The third-order valence-corrected chi connectivity index (χ3v) is 2.86. The van der Waals surface area contributed by atoms with Crippen molar-refractivity contribution >= 4 is 28.4 Å². The molecule has 1 aromatic carbocycles. The summed E-state index contributed by atoms with van der Waals surface area (Å²) in [5.41, 5.74) is 9.60. The van der Waals surface area contributed by atoms with Gasteiger partial charge in [-0.1, -0.05) is 12.2 Å². The predicted molar refractivity (Wildman–Crippen MR) is 66.7 cm³/mol. The van der Waals surface area contributed by atoms with E-state index in [1.54, 1.807) is 11.2 Å². The second-order valence-electron chi connectivity index (χ2n) is 3.85. The largest absolute Gasteiger partial charge is 0.398 e. The molecule has 16 heavy (non-hydrogen) atoms. The van der Waals surface area contributed by atoms with Crippen LogP contribution < -0.4 is 16.6 Å². The van der Waals surface area contributed by atoms with E-state index in [-0.39, 0.29) is 0 Å². The van der Waals surface area contributed by atoms with Crippen molar-refractivity contribution in [2.24, 2.45) is 5.84 Å². The SMILES string of the molecule is Nc1ccnc2c3c(ccc12)N(N)CC=C3. The Hall–Kier alpha value is -2.07. The summed E-state index contributed by atoms with van der Waals surface area (Å²) in [5.74, 6) is 5.90. The lowest BCUT2D eigenvalue weighted by molar-refractivity contribution is 0.933. The monoisotopic (exact) mass is 212 g/mol. The number of hydrogen-bond acceptors (Lipinski definition) is 4. The first kappa shape index (κ1) is 9.18. The maximum absolute atomic E-state index is 5.92. The molecule has 1 aliphatic rings. The van der Waals surface area contributed by atoms with Crippen LogP contribution in [0.4, 0.5) is 11.4 Å². The Kier molecular flexibility index (Phi) is 1.84. The molecule has 0 radical (unpaired) electrons. The standard InChI is InChI=1S/C12H12N4/c13-10-5-6-15-12-8(10)3-4-11-9(12)2-1-7-16(11)14/h1-6H,7,14H2,(H2,13,15). The van der Waals surface area contributed by atoms with Gasteiger partial charge in [-0.15, -0.1) is 0 Å². The number of nitrogen functional groups attached to an aromatic ring is 1. The Morgan fingerprint density at radius 3 is 3.00 bits per heavy atom. The minimum atomic E-state index is 0.723. The first-order valence-corrected chi connectivity index (χ1v) is 5.13. The van der Waals surface area contributed by atoms with Gasteiger partial charge in [-0.25, -0.2) is 5.84 Å². The van der Waals surface area contributed by atoms with Gasteiger partial charge in [0.2, 0.25) is 0 Å². The van der Waals surface area contributed by atoms with Crippen LogP contribution in [0.5, 0.6) is 0 Å². The average Bonchev–Trinajstić information content (AvgIpc) is 2.30. The summed E-state index contributed by atoms with van der Waals surface area (Å²) >= 11 is 0. The number of nitrogens with zero attached hydrogens (tertiary/aromatic N) is 2. The zero-order chi connectivity index (χ0) is 11.1. The molecule has 80 valence electrons. The third-order valence-electron chi connectivity index (χ3n) is 2.86. The lowest BCUT2D eigenvalue weighted by atomic mass is 10.0. The van der Waals surface area contributed by atoms with E-state index in [1.807, 2.05) is 30.4 Å². The molecule has 0 saturated heterocycles. The zero-order valence-electron chi connectivity index (χ0n) is 8.72. The molecule has 3 rings (SSSR count). The molecule has 0 spiro atoms. The molecule has 1 aromatic heterocycles.